The minimum Gasteiger partial charge on any atom is -0.497 e. The summed E-state index contributed by atoms with van der Waals surface area (Å²) in [4.78, 5) is 40.0. The molecule has 5 rings (SSSR count). The standard InChI is InChI=1S/C36H31N3O5S/c1-43-28-17-20-33(44-2)26(21-28)22-32(39-35(41)25-10-4-3-5-11-25)36(42)37-27-15-18-29(19-16-27)45-23-34(40)38-31-14-8-12-24-9-6-7-13-30(24)31/h3-22H,23H2,1-2H3,(H,37,42)(H,38,40)(H,39,41)/b32-22-. The first-order valence-corrected chi connectivity index (χ1v) is 15.0. The van der Waals surface area contributed by atoms with Crippen LogP contribution in [0.4, 0.5) is 11.4 Å². The molecule has 226 valence electrons. The van der Waals surface area contributed by atoms with E-state index in [0.29, 0.717) is 28.3 Å². The van der Waals surface area contributed by atoms with Gasteiger partial charge in [0.2, 0.25) is 5.91 Å². The highest BCUT2D eigenvalue weighted by atomic mass is 32.2. The van der Waals surface area contributed by atoms with Gasteiger partial charge >= 0.3 is 0 Å². The molecule has 0 aliphatic carbocycles. The highest BCUT2D eigenvalue weighted by molar-refractivity contribution is 8.00. The molecule has 0 aliphatic rings. The van der Waals surface area contributed by atoms with E-state index in [4.69, 9.17) is 9.47 Å². The quantitative estimate of drug-likeness (QED) is 0.109. The Kier molecular flexibility index (Phi) is 10.1. The second-order valence-corrected chi connectivity index (χ2v) is 10.9. The van der Waals surface area contributed by atoms with Gasteiger partial charge in [0.15, 0.2) is 0 Å². The minimum absolute atomic E-state index is 0.0129. The molecule has 45 heavy (non-hydrogen) atoms. The van der Waals surface area contributed by atoms with Crippen molar-refractivity contribution in [1.82, 2.24) is 5.32 Å². The third-order valence-corrected chi connectivity index (χ3v) is 7.82. The van der Waals surface area contributed by atoms with Crippen molar-refractivity contribution in [2.45, 2.75) is 4.90 Å². The smallest absolute Gasteiger partial charge is 0.272 e. The summed E-state index contributed by atoms with van der Waals surface area (Å²) in [7, 11) is 3.06. The topological polar surface area (TPSA) is 106 Å². The summed E-state index contributed by atoms with van der Waals surface area (Å²) in [6.07, 6.45) is 1.54. The SMILES string of the molecule is COc1ccc(OC)c(/C=C(\NC(=O)c2ccccc2)C(=O)Nc2ccc(SCC(=O)Nc3cccc4ccccc34)cc2)c1. The van der Waals surface area contributed by atoms with E-state index < -0.39 is 11.8 Å². The number of hydrogen-bond acceptors (Lipinski definition) is 6. The number of methoxy groups -OCH3 is 2. The van der Waals surface area contributed by atoms with Crippen LogP contribution >= 0.6 is 11.8 Å². The maximum absolute atomic E-state index is 13.5. The summed E-state index contributed by atoms with van der Waals surface area (Å²) in [5.74, 6) is 0.198. The largest absolute Gasteiger partial charge is 0.497 e. The first-order valence-electron chi connectivity index (χ1n) is 14.1. The molecule has 0 unspecified atom stereocenters. The average Bonchev–Trinajstić information content (AvgIpc) is 3.08. The van der Waals surface area contributed by atoms with E-state index in [-0.39, 0.29) is 17.4 Å². The van der Waals surface area contributed by atoms with Crippen molar-refractivity contribution in [3.63, 3.8) is 0 Å². The maximum Gasteiger partial charge on any atom is 0.272 e. The molecule has 0 spiro atoms. The lowest BCUT2D eigenvalue weighted by Gasteiger charge is -2.13. The van der Waals surface area contributed by atoms with Gasteiger partial charge in [0.1, 0.15) is 17.2 Å². The normalized spacial score (nSPS) is 11.0. The number of anilines is 2. The number of hydrogen-bond donors (Lipinski definition) is 3. The first kappa shape index (κ1) is 30.9. The molecule has 0 heterocycles. The summed E-state index contributed by atoms with van der Waals surface area (Å²) in [5, 5.41) is 10.6. The molecule has 0 saturated heterocycles. The molecule has 3 amide bonds. The molecular weight excluding hydrogens is 586 g/mol. The summed E-state index contributed by atoms with van der Waals surface area (Å²) in [6, 6.07) is 34.6. The lowest BCUT2D eigenvalue weighted by atomic mass is 10.1. The van der Waals surface area contributed by atoms with Crippen LogP contribution in [-0.4, -0.2) is 37.7 Å². The van der Waals surface area contributed by atoms with Crippen molar-refractivity contribution in [2.24, 2.45) is 0 Å². The van der Waals surface area contributed by atoms with Gasteiger partial charge < -0.3 is 25.4 Å². The van der Waals surface area contributed by atoms with E-state index in [9.17, 15) is 14.4 Å². The number of fused-ring (bicyclic) bond motifs is 1. The molecule has 5 aromatic carbocycles. The van der Waals surface area contributed by atoms with E-state index in [2.05, 4.69) is 16.0 Å². The average molecular weight is 618 g/mol. The molecular formula is C36H31N3O5S. The lowest BCUT2D eigenvalue weighted by Crippen LogP contribution is -2.30. The zero-order valence-electron chi connectivity index (χ0n) is 24.7. The van der Waals surface area contributed by atoms with E-state index in [1.807, 2.05) is 54.6 Å². The molecule has 8 nitrogen and oxygen atoms in total. The van der Waals surface area contributed by atoms with E-state index in [1.165, 1.54) is 24.9 Å². The third-order valence-electron chi connectivity index (χ3n) is 6.81. The summed E-state index contributed by atoms with van der Waals surface area (Å²) in [5.41, 5.74) is 2.25. The molecule has 0 bridgehead atoms. The fourth-order valence-electron chi connectivity index (χ4n) is 4.55. The number of carbonyl (C=O) groups excluding carboxylic acids is 3. The van der Waals surface area contributed by atoms with Crippen LogP contribution in [0.5, 0.6) is 11.5 Å². The summed E-state index contributed by atoms with van der Waals surface area (Å²) < 4.78 is 10.8. The van der Waals surface area contributed by atoms with Gasteiger partial charge in [0.05, 0.1) is 20.0 Å². The van der Waals surface area contributed by atoms with Crippen LogP contribution in [-0.2, 0) is 9.59 Å². The van der Waals surface area contributed by atoms with Crippen molar-refractivity contribution in [3.8, 4) is 11.5 Å². The predicted octanol–water partition coefficient (Wildman–Crippen LogP) is 7.00. The summed E-state index contributed by atoms with van der Waals surface area (Å²) >= 11 is 1.38. The molecule has 0 fully saturated rings. The van der Waals surface area contributed by atoms with Gasteiger partial charge in [-0.25, -0.2) is 0 Å². The first-order chi connectivity index (χ1) is 21.9. The van der Waals surface area contributed by atoms with Gasteiger partial charge in [0.25, 0.3) is 11.8 Å². The van der Waals surface area contributed by atoms with Crippen molar-refractivity contribution < 1.29 is 23.9 Å². The molecule has 0 saturated carbocycles. The molecule has 9 heteroatoms. The fraction of sp³-hybridized carbons (Fsp3) is 0.0833. The molecule has 5 aromatic rings. The molecule has 0 aliphatic heterocycles. The van der Waals surface area contributed by atoms with Crippen LogP contribution in [0, 0.1) is 0 Å². The van der Waals surface area contributed by atoms with E-state index in [1.54, 1.807) is 67.8 Å². The van der Waals surface area contributed by atoms with Crippen LogP contribution in [0.1, 0.15) is 15.9 Å². The van der Waals surface area contributed by atoms with Gasteiger partial charge in [-0.15, -0.1) is 11.8 Å². The van der Waals surface area contributed by atoms with Crippen LogP contribution in [0.2, 0.25) is 0 Å². The Labute approximate surface area is 265 Å². The Balaban J connectivity index is 1.27. The van der Waals surface area contributed by atoms with Gasteiger partial charge in [-0.05, 0) is 72.1 Å². The highest BCUT2D eigenvalue weighted by Gasteiger charge is 2.17. The number of nitrogens with one attached hydrogen (secondary N) is 3. The third kappa shape index (κ3) is 8.10. The van der Waals surface area contributed by atoms with Crippen LogP contribution in [0.25, 0.3) is 16.8 Å². The number of ether oxygens (including phenoxy) is 2. The van der Waals surface area contributed by atoms with Crippen molar-refractivity contribution in [1.29, 1.82) is 0 Å². The zero-order chi connectivity index (χ0) is 31.6. The Hall–Kier alpha value is -5.54. The van der Waals surface area contributed by atoms with E-state index >= 15 is 0 Å². The Morgan fingerprint density at radius 3 is 2.24 bits per heavy atom. The van der Waals surface area contributed by atoms with Crippen LogP contribution in [0.15, 0.2) is 126 Å². The highest BCUT2D eigenvalue weighted by Crippen LogP contribution is 2.27. The molecule has 0 atom stereocenters. The fourth-order valence-corrected chi connectivity index (χ4v) is 5.25. The van der Waals surface area contributed by atoms with Crippen LogP contribution < -0.4 is 25.4 Å². The minimum atomic E-state index is -0.529. The van der Waals surface area contributed by atoms with Crippen LogP contribution in [0.3, 0.4) is 0 Å². The number of thioether (sulfide) groups is 1. The molecule has 0 radical (unpaired) electrons. The number of carbonyl (C=O) groups is 3. The number of rotatable bonds is 11. The Bertz CT molecular complexity index is 1850. The van der Waals surface area contributed by atoms with Gasteiger partial charge in [-0.3, -0.25) is 14.4 Å². The predicted molar refractivity (Wildman–Crippen MR) is 180 cm³/mol. The number of amides is 3. The zero-order valence-corrected chi connectivity index (χ0v) is 25.5. The molecule has 0 aromatic heterocycles. The Morgan fingerprint density at radius 2 is 1.49 bits per heavy atom. The monoisotopic (exact) mass is 617 g/mol. The van der Waals surface area contributed by atoms with Crippen molar-refractivity contribution >= 4 is 57.7 Å². The van der Waals surface area contributed by atoms with Crippen molar-refractivity contribution in [2.75, 3.05) is 30.6 Å². The van der Waals surface area contributed by atoms with Gasteiger partial charge in [-0.1, -0.05) is 54.6 Å². The van der Waals surface area contributed by atoms with E-state index in [0.717, 1.165) is 21.4 Å². The van der Waals surface area contributed by atoms with Gasteiger partial charge in [0, 0.05) is 32.8 Å². The Morgan fingerprint density at radius 1 is 0.756 bits per heavy atom. The van der Waals surface area contributed by atoms with Crippen molar-refractivity contribution in [3.05, 3.63) is 132 Å². The second kappa shape index (κ2) is 14.8. The maximum atomic E-state index is 13.5. The summed E-state index contributed by atoms with van der Waals surface area (Å²) in [6.45, 7) is 0. The number of benzene rings is 5. The lowest BCUT2D eigenvalue weighted by molar-refractivity contribution is -0.114. The second-order valence-electron chi connectivity index (χ2n) is 9.83. The van der Waals surface area contributed by atoms with Gasteiger partial charge in [-0.2, -0.15) is 0 Å². The molecule has 3 N–H and O–H groups in total.